The van der Waals surface area contributed by atoms with Crippen LogP contribution >= 0.6 is 0 Å². The number of ether oxygens (including phenoxy) is 1. The zero-order valence-corrected chi connectivity index (χ0v) is 17.8. The number of aliphatic hydroxyl groups excluding tert-OH is 1. The zero-order chi connectivity index (χ0) is 21.2. The molecule has 0 unspecified atom stereocenters. The summed E-state index contributed by atoms with van der Waals surface area (Å²) in [5.74, 6) is 1.17. The number of nitrogens with zero attached hydrogens (tertiary/aromatic N) is 1. The molecule has 0 heterocycles. The van der Waals surface area contributed by atoms with E-state index >= 15 is 0 Å². The number of aliphatic hydroxyl groups is 1. The Kier molecular flexibility index (Phi) is 9.16. The SMILES string of the molecule is Cc1ccc(CN(C[C@H](CN)CO)C(=O)Cc2ccc(OCC(C)C)cc2)cc1. The molecule has 158 valence electrons. The summed E-state index contributed by atoms with van der Waals surface area (Å²) in [4.78, 5) is 14.8. The number of carbonyl (C=O) groups is 1. The third-order valence-electron chi connectivity index (χ3n) is 4.78. The number of aryl methyl sites for hydroxylation is 1. The van der Waals surface area contributed by atoms with Gasteiger partial charge in [-0.1, -0.05) is 55.8 Å². The van der Waals surface area contributed by atoms with Gasteiger partial charge in [0, 0.05) is 25.6 Å². The van der Waals surface area contributed by atoms with Gasteiger partial charge in [-0.05, 0) is 42.6 Å². The molecule has 0 aliphatic carbocycles. The molecule has 0 saturated carbocycles. The average Bonchev–Trinajstić information content (AvgIpc) is 2.72. The molecule has 29 heavy (non-hydrogen) atoms. The first-order valence-corrected chi connectivity index (χ1v) is 10.3. The van der Waals surface area contributed by atoms with Crippen molar-refractivity contribution in [2.24, 2.45) is 17.6 Å². The number of carbonyl (C=O) groups excluding carboxylic acids is 1. The van der Waals surface area contributed by atoms with Gasteiger partial charge >= 0.3 is 0 Å². The highest BCUT2D eigenvalue weighted by molar-refractivity contribution is 5.78. The summed E-state index contributed by atoms with van der Waals surface area (Å²) in [6, 6.07) is 15.8. The molecule has 3 N–H and O–H groups in total. The van der Waals surface area contributed by atoms with Gasteiger partial charge in [-0.2, -0.15) is 0 Å². The molecule has 5 heteroatoms. The Morgan fingerprint density at radius 2 is 1.69 bits per heavy atom. The maximum atomic E-state index is 13.0. The third-order valence-corrected chi connectivity index (χ3v) is 4.78. The molecule has 2 aromatic rings. The van der Waals surface area contributed by atoms with Gasteiger partial charge in [0.2, 0.25) is 5.91 Å². The smallest absolute Gasteiger partial charge is 0.227 e. The molecule has 0 fully saturated rings. The molecule has 2 rings (SSSR count). The summed E-state index contributed by atoms with van der Waals surface area (Å²) >= 11 is 0. The number of benzene rings is 2. The molecule has 1 amide bonds. The van der Waals surface area contributed by atoms with Crippen LogP contribution in [0.2, 0.25) is 0 Å². The molecule has 0 aliphatic heterocycles. The lowest BCUT2D eigenvalue weighted by molar-refractivity contribution is -0.131. The van der Waals surface area contributed by atoms with Crippen LogP contribution in [0.15, 0.2) is 48.5 Å². The van der Waals surface area contributed by atoms with Crippen LogP contribution in [0.4, 0.5) is 0 Å². The first kappa shape index (κ1) is 22.9. The van der Waals surface area contributed by atoms with E-state index in [0.29, 0.717) is 38.6 Å². The van der Waals surface area contributed by atoms with Crippen molar-refractivity contribution >= 4 is 5.91 Å². The Morgan fingerprint density at radius 3 is 2.24 bits per heavy atom. The van der Waals surface area contributed by atoms with Gasteiger partial charge in [-0.15, -0.1) is 0 Å². The first-order valence-electron chi connectivity index (χ1n) is 10.3. The number of hydrogen-bond donors (Lipinski definition) is 2. The van der Waals surface area contributed by atoms with E-state index < -0.39 is 0 Å². The fourth-order valence-electron chi connectivity index (χ4n) is 2.94. The van der Waals surface area contributed by atoms with Gasteiger partial charge in [-0.3, -0.25) is 4.79 Å². The minimum atomic E-state index is -0.129. The molecule has 0 bridgehead atoms. The standard InChI is InChI=1S/C24H34N2O3/c1-18(2)17-29-23-10-8-20(9-11-23)12-24(28)26(15-22(13-25)16-27)14-21-6-4-19(3)5-7-21/h4-11,18,22,27H,12-17,25H2,1-3H3/t22-/m0/s1. The van der Waals surface area contributed by atoms with Crippen LogP contribution in [0, 0.1) is 18.8 Å². The van der Waals surface area contributed by atoms with Crippen molar-refractivity contribution in [3.8, 4) is 5.75 Å². The van der Waals surface area contributed by atoms with Crippen LogP contribution in [-0.2, 0) is 17.8 Å². The lowest BCUT2D eigenvalue weighted by atomic mass is 10.1. The number of hydrogen-bond acceptors (Lipinski definition) is 4. The Morgan fingerprint density at radius 1 is 1.07 bits per heavy atom. The largest absolute Gasteiger partial charge is 0.493 e. The Balaban J connectivity index is 2.06. The lowest BCUT2D eigenvalue weighted by Crippen LogP contribution is -2.39. The Labute approximate surface area is 174 Å². The molecule has 2 aromatic carbocycles. The van der Waals surface area contributed by atoms with E-state index in [9.17, 15) is 9.90 Å². The topological polar surface area (TPSA) is 75.8 Å². The molecule has 1 atom stereocenters. The van der Waals surface area contributed by atoms with Crippen molar-refractivity contribution in [2.45, 2.75) is 33.7 Å². The maximum Gasteiger partial charge on any atom is 0.227 e. The summed E-state index contributed by atoms with van der Waals surface area (Å²) in [5, 5.41) is 9.54. The Bertz CT molecular complexity index is 738. The normalized spacial score (nSPS) is 12.1. The van der Waals surface area contributed by atoms with Crippen LogP contribution < -0.4 is 10.5 Å². The van der Waals surface area contributed by atoms with Gasteiger partial charge in [0.25, 0.3) is 0 Å². The molecule has 5 nitrogen and oxygen atoms in total. The molecule has 0 radical (unpaired) electrons. The zero-order valence-electron chi connectivity index (χ0n) is 17.8. The predicted octanol–water partition coefficient (Wildman–Crippen LogP) is 3.17. The quantitative estimate of drug-likeness (QED) is 0.610. The van der Waals surface area contributed by atoms with E-state index in [1.807, 2.05) is 55.5 Å². The molecule has 0 saturated heterocycles. The summed E-state index contributed by atoms with van der Waals surface area (Å²) in [5.41, 5.74) is 8.94. The minimum absolute atomic E-state index is 0.0216. The van der Waals surface area contributed by atoms with E-state index in [-0.39, 0.29) is 18.4 Å². The molecule has 0 aromatic heterocycles. The number of rotatable bonds is 11. The molecule has 0 aliphatic rings. The minimum Gasteiger partial charge on any atom is -0.493 e. The highest BCUT2D eigenvalue weighted by Crippen LogP contribution is 2.16. The number of amides is 1. The van der Waals surface area contributed by atoms with Crippen LogP contribution in [-0.4, -0.2) is 42.2 Å². The van der Waals surface area contributed by atoms with Crippen molar-refractivity contribution < 1.29 is 14.6 Å². The highest BCUT2D eigenvalue weighted by Gasteiger charge is 2.19. The second-order valence-corrected chi connectivity index (χ2v) is 8.07. The number of nitrogens with two attached hydrogens (primary N) is 1. The van der Waals surface area contributed by atoms with Crippen LogP contribution in [0.25, 0.3) is 0 Å². The van der Waals surface area contributed by atoms with Crippen molar-refractivity contribution in [3.05, 3.63) is 65.2 Å². The molecule has 0 spiro atoms. The fourth-order valence-corrected chi connectivity index (χ4v) is 2.94. The Hall–Kier alpha value is -2.37. The maximum absolute atomic E-state index is 13.0. The van der Waals surface area contributed by atoms with Crippen LogP contribution in [0.1, 0.15) is 30.5 Å². The van der Waals surface area contributed by atoms with E-state index in [1.54, 1.807) is 4.90 Å². The van der Waals surface area contributed by atoms with Gasteiger partial charge in [0.15, 0.2) is 0 Å². The summed E-state index contributed by atoms with van der Waals surface area (Å²) in [6.45, 7) is 8.18. The second-order valence-electron chi connectivity index (χ2n) is 8.07. The van der Waals surface area contributed by atoms with Crippen molar-refractivity contribution in [1.82, 2.24) is 4.90 Å². The van der Waals surface area contributed by atoms with E-state index in [1.165, 1.54) is 5.56 Å². The second kappa shape index (κ2) is 11.6. The molecular weight excluding hydrogens is 364 g/mol. The van der Waals surface area contributed by atoms with Gasteiger partial charge in [0.1, 0.15) is 5.75 Å². The predicted molar refractivity (Wildman–Crippen MR) is 117 cm³/mol. The van der Waals surface area contributed by atoms with E-state index in [0.717, 1.165) is 16.9 Å². The fraction of sp³-hybridized carbons (Fsp3) is 0.458. The summed E-state index contributed by atoms with van der Waals surface area (Å²) in [6.07, 6.45) is 0.305. The van der Waals surface area contributed by atoms with E-state index in [2.05, 4.69) is 13.8 Å². The molecular formula is C24H34N2O3. The van der Waals surface area contributed by atoms with Gasteiger partial charge < -0.3 is 20.5 Å². The average molecular weight is 399 g/mol. The summed E-state index contributed by atoms with van der Waals surface area (Å²) < 4.78 is 5.71. The van der Waals surface area contributed by atoms with Crippen molar-refractivity contribution in [1.29, 1.82) is 0 Å². The van der Waals surface area contributed by atoms with Gasteiger partial charge in [-0.25, -0.2) is 0 Å². The van der Waals surface area contributed by atoms with E-state index in [4.69, 9.17) is 10.5 Å². The highest BCUT2D eigenvalue weighted by atomic mass is 16.5. The third kappa shape index (κ3) is 7.87. The monoisotopic (exact) mass is 398 g/mol. The van der Waals surface area contributed by atoms with Gasteiger partial charge in [0.05, 0.1) is 13.0 Å². The first-order chi connectivity index (χ1) is 13.9. The summed E-state index contributed by atoms with van der Waals surface area (Å²) in [7, 11) is 0. The lowest BCUT2D eigenvalue weighted by Gasteiger charge is -2.27. The van der Waals surface area contributed by atoms with Crippen LogP contribution in [0.3, 0.4) is 0 Å². The van der Waals surface area contributed by atoms with Crippen molar-refractivity contribution in [2.75, 3.05) is 26.3 Å². The van der Waals surface area contributed by atoms with Crippen molar-refractivity contribution in [3.63, 3.8) is 0 Å². The van der Waals surface area contributed by atoms with Crippen LogP contribution in [0.5, 0.6) is 5.75 Å².